The van der Waals surface area contributed by atoms with Gasteiger partial charge in [0.1, 0.15) is 11.5 Å². The molecule has 1 saturated heterocycles. The molecule has 0 aliphatic carbocycles. The lowest BCUT2D eigenvalue weighted by Crippen LogP contribution is -2.27. The van der Waals surface area contributed by atoms with Crippen LogP contribution in [-0.4, -0.2) is 20.9 Å². The van der Waals surface area contributed by atoms with Crippen molar-refractivity contribution in [2.24, 2.45) is 0 Å². The Morgan fingerprint density at radius 1 is 1.19 bits per heavy atom. The van der Waals surface area contributed by atoms with Crippen molar-refractivity contribution in [3.8, 4) is 11.3 Å². The van der Waals surface area contributed by atoms with Crippen LogP contribution in [0.2, 0.25) is 5.02 Å². The smallest absolute Gasteiger partial charge is 0.270 e. The number of carbonyl (C=O) groups is 2. The van der Waals surface area contributed by atoms with Crippen LogP contribution >= 0.6 is 35.6 Å². The molecule has 3 aromatic rings. The Morgan fingerprint density at radius 2 is 1.91 bits per heavy atom. The van der Waals surface area contributed by atoms with E-state index in [2.05, 4.69) is 0 Å². The zero-order valence-electron chi connectivity index (χ0n) is 16.4. The second-order valence-corrected chi connectivity index (χ2v) is 8.83. The second kappa shape index (κ2) is 8.70. The number of nitro benzene ring substituents is 1. The molecule has 1 fully saturated rings. The van der Waals surface area contributed by atoms with Crippen molar-refractivity contribution >= 4 is 69.0 Å². The fourth-order valence-corrected chi connectivity index (χ4v) is 4.60. The number of ketones is 1. The largest absolute Gasteiger partial charge is 0.457 e. The van der Waals surface area contributed by atoms with E-state index in [0.29, 0.717) is 37.6 Å². The van der Waals surface area contributed by atoms with Gasteiger partial charge in [-0.25, -0.2) is 0 Å². The van der Waals surface area contributed by atoms with Gasteiger partial charge in [-0.05, 0) is 49.4 Å². The van der Waals surface area contributed by atoms with Crippen LogP contribution in [0, 0.1) is 10.1 Å². The number of rotatable bonds is 5. The van der Waals surface area contributed by atoms with Crippen LogP contribution in [0.5, 0.6) is 0 Å². The summed E-state index contributed by atoms with van der Waals surface area (Å²) < 4.78 is 6.15. The van der Waals surface area contributed by atoms with E-state index < -0.39 is 4.92 Å². The Bertz CT molecular complexity index is 1310. The van der Waals surface area contributed by atoms with E-state index in [1.165, 1.54) is 30.0 Å². The number of nitrogens with zero attached hydrogens (tertiary/aromatic N) is 2. The molecular formula is C22H13ClN2O5S2. The van der Waals surface area contributed by atoms with Crippen molar-refractivity contribution in [2.75, 3.05) is 4.90 Å². The number of amides is 1. The molecule has 0 bridgehead atoms. The molecule has 2 heterocycles. The van der Waals surface area contributed by atoms with Gasteiger partial charge in [-0.3, -0.25) is 24.6 Å². The number of hydrogen-bond acceptors (Lipinski definition) is 7. The maximum absolute atomic E-state index is 12.9. The van der Waals surface area contributed by atoms with Gasteiger partial charge in [0.2, 0.25) is 0 Å². The second-order valence-electron chi connectivity index (χ2n) is 6.74. The third kappa shape index (κ3) is 4.22. The lowest BCUT2D eigenvalue weighted by atomic mass is 10.1. The van der Waals surface area contributed by atoms with Crippen LogP contribution in [-0.2, 0) is 4.79 Å². The van der Waals surface area contributed by atoms with E-state index in [-0.39, 0.29) is 22.4 Å². The van der Waals surface area contributed by atoms with Crippen LogP contribution in [0.15, 0.2) is 63.9 Å². The van der Waals surface area contributed by atoms with Gasteiger partial charge >= 0.3 is 0 Å². The van der Waals surface area contributed by atoms with E-state index >= 15 is 0 Å². The lowest BCUT2D eigenvalue weighted by Gasteiger charge is -2.14. The number of non-ortho nitro benzene ring substituents is 1. The topological polar surface area (TPSA) is 93.7 Å². The number of anilines is 1. The molecule has 1 aromatic heterocycles. The third-order valence-corrected chi connectivity index (χ3v) is 6.27. The SMILES string of the molecule is CC(=O)c1ccc(N2C(=O)/C(=C\c3ccc(-c4ccc([N+](=O)[O-])cc4Cl)o3)SC2=S)cc1. The molecule has 1 aliphatic heterocycles. The average Bonchev–Trinajstić information content (AvgIpc) is 3.32. The number of hydrogen-bond donors (Lipinski definition) is 0. The maximum atomic E-state index is 12.9. The first-order valence-electron chi connectivity index (χ1n) is 9.17. The summed E-state index contributed by atoms with van der Waals surface area (Å²) in [4.78, 5) is 36.5. The molecule has 7 nitrogen and oxygen atoms in total. The minimum absolute atomic E-state index is 0.0661. The molecule has 0 atom stereocenters. The normalized spacial score (nSPS) is 14.9. The molecule has 1 amide bonds. The Morgan fingerprint density at radius 3 is 2.53 bits per heavy atom. The van der Waals surface area contributed by atoms with Crippen LogP contribution in [0.3, 0.4) is 0 Å². The van der Waals surface area contributed by atoms with Gasteiger partial charge in [-0.2, -0.15) is 0 Å². The first-order valence-corrected chi connectivity index (χ1v) is 10.8. The number of furan rings is 1. The van der Waals surface area contributed by atoms with Crippen LogP contribution in [0.25, 0.3) is 17.4 Å². The van der Waals surface area contributed by atoms with E-state index in [9.17, 15) is 19.7 Å². The summed E-state index contributed by atoms with van der Waals surface area (Å²) in [5.74, 6) is 0.443. The molecule has 0 spiro atoms. The summed E-state index contributed by atoms with van der Waals surface area (Å²) in [6, 6.07) is 14.1. The Labute approximate surface area is 196 Å². The highest BCUT2D eigenvalue weighted by molar-refractivity contribution is 8.27. The molecule has 32 heavy (non-hydrogen) atoms. The summed E-state index contributed by atoms with van der Waals surface area (Å²) >= 11 is 12.7. The van der Waals surface area contributed by atoms with Crippen LogP contribution in [0.4, 0.5) is 11.4 Å². The molecule has 0 radical (unpaired) electrons. The zero-order chi connectivity index (χ0) is 23.0. The molecule has 10 heteroatoms. The fourth-order valence-electron chi connectivity index (χ4n) is 3.06. The van der Waals surface area contributed by atoms with Crippen molar-refractivity contribution in [3.63, 3.8) is 0 Å². The first kappa shape index (κ1) is 21.9. The van der Waals surface area contributed by atoms with Gasteiger partial charge in [0.15, 0.2) is 10.1 Å². The van der Waals surface area contributed by atoms with Crippen LogP contribution < -0.4 is 4.90 Å². The number of Topliss-reactive ketones (excluding diaryl/α,β-unsaturated/α-hetero) is 1. The highest BCUT2D eigenvalue weighted by Crippen LogP contribution is 2.37. The van der Waals surface area contributed by atoms with E-state index in [1.807, 2.05) is 0 Å². The predicted molar refractivity (Wildman–Crippen MR) is 128 cm³/mol. The molecule has 0 unspecified atom stereocenters. The third-order valence-electron chi connectivity index (χ3n) is 4.65. The van der Waals surface area contributed by atoms with Gasteiger partial charge in [-0.1, -0.05) is 35.6 Å². The predicted octanol–water partition coefficient (Wildman–Crippen LogP) is 6.12. The van der Waals surface area contributed by atoms with Gasteiger partial charge in [0, 0.05) is 29.3 Å². The highest BCUT2D eigenvalue weighted by atomic mass is 35.5. The number of thioether (sulfide) groups is 1. The Hall–Kier alpha value is -3.27. The summed E-state index contributed by atoms with van der Waals surface area (Å²) in [5, 5.41) is 11.1. The quantitative estimate of drug-likeness (QED) is 0.142. The number of carbonyl (C=O) groups excluding carboxylic acids is 2. The molecule has 1 aliphatic rings. The average molecular weight is 485 g/mol. The molecule has 4 rings (SSSR count). The van der Waals surface area contributed by atoms with Crippen molar-refractivity contribution in [2.45, 2.75) is 6.92 Å². The summed E-state index contributed by atoms with van der Waals surface area (Å²) in [7, 11) is 0. The number of thiocarbonyl (C=S) groups is 1. The van der Waals surface area contributed by atoms with Crippen LogP contribution in [0.1, 0.15) is 23.0 Å². The van der Waals surface area contributed by atoms with Gasteiger partial charge in [-0.15, -0.1) is 0 Å². The van der Waals surface area contributed by atoms with Gasteiger partial charge < -0.3 is 4.42 Å². The summed E-state index contributed by atoms with van der Waals surface area (Å²) in [6.45, 7) is 1.47. The van der Waals surface area contributed by atoms with Crippen molar-refractivity contribution < 1.29 is 18.9 Å². The van der Waals surface area contributed by atoms with Crippen molar-refractivity contribution in [1.82, 2.24) is 0 Å². The molecular weight excluding hydrogens is 472 g/mol. The molecule has 160 valence electrons. The number of nitro groups is 1. The monoisotopic (exact) mass is 484 g/mol. The Kier molecular flexibility index (Phi) is 5.96. The molecule has 0 N–H and O–H groups in total. The summed E-state index contributed by atoms with van der Waals surface area (Å²) in [6.07, 6.45) is 1.58. The maximum Gasteiger partial charge on any atom is 0.270 e. The zero-order valence-corrected chi connectivity index (χ0v) is 18.8. The van der Waals surface area contributed by atoms with E-state index in [4.69, 9.17) is 28.2 Å². The lowest BCUT2D eigenvalue weighted by molar-refractivity contribution is -0.384. The number of benzene rings is 2. The standard InChI is InChI=1S/C22H13ClN2O5S2/c1-12(26)13-2-4-14(5-3-13)24-21(27)20(32-22(24)31)11-16-7-9-19(30-16)17-8-6-15(25(28)29)10-18(17)23/h2-11H,1H3/b20-11+. The first-order chi connectivity index (χ1) is 15.2. The van der Waals surface area contributed by atoms with Gasteiger partial charge in [0.05, 0.1) is 20.5 Å². The molecule has 2 aromatic carbocycles. The van der Waals surface area contributed by atoms with E-state index in [1.54, 1.807) is 42.5 Å². The minimum Gasteiger partial charge on any atom is -0.457 e. The van der Waals surface area contributed by atoms with E-state index in [0.717, 1.165) is 11.8 Å². The van der Waals surface area contributed by atoms with Gasteiger partial charge in [0.25, 0.3) is 11.6 Å². The van der Waals surface area contributed by atoms with Crippen molar-refractivity contribution in [1.29, 1.82) is 0 Å². The highest BCUT2D eigenvalue weighted by Gasteiger charge is 2.33. The Balaban J connectivity index is 1.58. The van der Waals surface area contributed by atoms with Crippen molar-refractivity contribution in [3.05, 3.63) is 86.0 Å². The number of halogens is 1. The summed E-state index contributed by atoms with van der Waals surface area (Å²) in [5.41, 5.74) is 1.49. The molecule has 0 saturated carbocycles. The minimum atomic E-state index is -0.529. The fraction of sp³-hybridized carbons (Fsp3) is 0.0455.